The number of hydrogen-bond acceptors (Lipinski definition) is 11. The molecule has 0 radical (unpaired) electrons. The first-order valence-corrected chi connectivity index (χ1v) is 16.3. The minimum absolute atomic E-state index is 0.0799. The number of carbonyl (C=O) groups excluding carboxylic acids is 3. The lowest BCUT2D eigenvalue weighted by Gasteiger charge is -2.43. The highest BCUT2D eigenvalue weighted by atomic mass is 31.2. The van der Waals surface area contributed by atoms with Crippen molar-refractivity contribution < 1.29 is 55.9 Å². The van der Waals surface area contributed by atoms with E-state index in [9.17, 15) is 18.9 Å². The third kappa shape index (κ3) is 10.3. The Bertz CT molecular complexity index is 1330. The van der Waals surface area contributed by atoms with Gasteiger partial charge in [-0.3, -0.25) is 14.4 Å². The highest BCUT2D eigenvalue weighted by Crippen LogP contribution is 2.52. The number of hydrogen-bond donors (Lipinski definition) is 0. The van der Waals surface area contributed by atoms with E-state index in [0.717, 1.165) is 0 Å². The smallest absolute Gasteiger partial charge is 0.462 e. The van der Waals surface area contributed by atoms with Crippen molar-refractivity contribution in [3.63, 3.8) is 0 Å². The van der Waals surface area contributed by atoms with Crippen LogP contribution in [0, 0.1) is 16.2 Å². The van der Waals surface area contributed by atoms with E-state index in [0.29, 0.717) is 0 Å². The number of halogens is 1. The van der Waals surface area contributed by atoms with Gasteiger partial charge in [-0.05, 0) is 86.6 Å². The number of phosphoric ester groups is 1. The van der Waals surface area contributed by atoms with Gasteiger partial charge in [-0.2, -0.15) is 0 Å². The third-order valence-corrected chi connectivity index (χ3v) is 7.76. The van der Waals surface area contributed by atoms with Crippen LogP contribution in [0.25, 0.3) is 0 Å². The number of alkyl halides is 1. The molecule has 1 aliphatic rings. The molecule has 1 saturated heterocycles. The standard InChI is InChI=1S/C33H44FO11P/c1-31(2,3)28(35)39-20-23-25(41-29(36)32(4,5)6)26(42-30(37)33(7,8)9)24(34)27(40-23)45-46(38,43-21-16-12-10-13-17-21)44-22-18-14-11-15-19-22/h10-19,23-27H,20H2,1-9H3/t23-,24-,25-,26-,27-/m1/s1. The van der Waals surface area contributed by atoms with Gasteiger partial charge in [-0.1, -0.05) is 36.4 Å². The highest BCUT2D eigenvalue weighted by molar-refractivity contribution is 7.49. The molecule has 254 valence electrons. The Balaban J connectivity index is 2.06. The van der Waals surface area contributed by atoms with Gasteiger partial charge in [-0.25, -0.2) is 13.5 Å². The molecule has 0 spiro atoms. The van der Waals surface area contributed by atoms with Crippen LogP contribution in [0.3, 0.4) is 0 Å². The minimum atomic E-state index is -4.75. The van der Waals surface area contributed by atoms with Gasteiger partial charge in [-0.15, -0.1) is 0 Å². The van der Waals surface area contributed by atoms with Crippen molar-refractivity contribution in [2.45, 2.75) is 93.1 Å². The summed E-state index contributed by atoms with van der Waals surface area (Å²) in [7, 11) is -4.75. The molecule has 1 aliphatic heterocycles. The summed E-state index contributed by atoms with van der Waals surface area (Å²) in [6, 6.07) is 15.8. The molecule has 1 heterocycles. The minimum Gasteiger partial charge on any atom is -0.462 e. The number of benzene rings is 2. The second-order valence-corrected chi connectivity index (χ2v) is 15.4. The van der Waals surface area contributed by atoms with Gasteiger partial charge < -0.3 is 28.0 Å². The van der Waals surface area contributed by atoms with Gasteiger partial charge in [0.25, 0.3) is 0 Å². The number of ether oxygens (including phenoxy) is 4. The molecule has 2 aromatic rings. The zero-order valence-electron chi connectivity index (χ0n) is 27.7. The van der Waals surface area contributed by atoms with Crippen LogP contribution in [-0.4, -0.2) is 55.3 Å². The van der Waals surface area contributed by atoms with Crippen LogP contribution in [0.15, 0.2) is 60.7 Å². The summed E-state index contributed by atoms with van der Waals surface area (Å²) in [4.78, 5) is 38.9. The zero-order valence-corrected chi connectivity index (χ0v) is 28.6. The van der Waals surface area contributed by atoms with E-state index in [2.05, 4.69) is 0 Å². The normalized spacial score (nSPS) is 22.3. The molecule has 1 fully saturated rings. The Kier molecular flexibility index (Phi) is 11.7. The highest BCUT2D eigenvalue weighted by Gasteiger charge is 2.55. The summed E-state index contributed by atoms with van der Waals surface area (Å²) in [5, 5.41) is 0. The van der Waals surface area contributed by atoms with E-state index < -0.39 is 79.4 Å². The third-order valence-electron chi connectivity index (χ3n) is 6.43. The van der Waals surface area contributed by atoms with Gasteiger partial charge in [0.05, 0.1) is 16.2 Å². The molecule has 0 aromatic heterocycles. The maximum atomic E-state index is 16.6. The summed E-state index contributed by atoms with van der Waals surface area (Å²) in [5.74, 6) is -2.06. The lowest BCUT2D eigenvalue weighted by Crippen LogP contribution is -2.61. The van der Waals surface area contributed by atoms with Crippen LogP contribution in [0.1, 0.15) is 62.3 Å². The molecule has 46 heavy (non-hydrogen) atoms. The fourth-order valence-corrected chi connectivity index (χ4v) is 5.05. The van der Waals surface area contributed by atoms with Gasteiger partial charge >= 0.3 is 25.7 Å². The Labute approximate surface area is 269 Å². The number of rotatable bonds is 10. The number of phosphoric acid groups is 1. The average Bonchev–Trinajstić information content (AvgIpc) is 2.94. The average molecular weight is 667 g/mol. The lowest BCUT2D eigenvalue weighted by molar-refractivity contribution is -0.278. The quantitative estimate of drug-likeness (QED) is 0.150. The van der Waals surface area contributed by atoms with Crippen LogP contribution in [0.4, 0.5) is 4.39 Å². The molecular formula is C33H44FO11P. The van der Waals surface area contributed by atoms with Crippen molar-refractivity contribution in [2.75, 3.05) is 6.61 Å². The van der Waals surface area contributed by atoms with Crippen molar-refractivity contribution >= 4 is 25.7 Å². The second-order valence-electron chi connectivity index (χ2n) is 13.9. The van der Waals surface area contributed by atoms with E-state index in [4.69, 9.17) is 32.5 Å². The summed E-state index contributed by atoms with van der Waals surface area (Å²) in [6.07, 6.45) is -9.32. The molecule has 2 aromatic carbocycles. The molecule has 0 N–H and O–H groups in total. The Morgan fingerprint density at radius 1 is 0.696 bits per heavy atom. The lowest BCUT2D eigenvalue weighted by atomic mass is 9.94. The van der Waals surface area contributed by atoms with Crippen molar-refractivity contribution in [2.24, 2.45) is 16.2 Å². The topological polar surface area (TPSA) is 133 Å². The first-order valence-electron chi connectivity index (χ1n) is 14.9. The fraction of sp³-hybridized carbons (Fsp3) is 0.545. The van der Waals surface area contributed by atoms with Gasteiger partial charge in [0.2, 0.25) is 6.29 Å². The van der Waals surface area contributed by atoms with E-state index in [-0.39, 0.29) is 11.5 Å². The Morgan fingerprint density at radius 2 is 1.11 bits per heavy atom. The first kappa shape index (κ1) is 37.0. The first-order chi connectivity index (χ1) is 21.2. The van der Waals surface area contributed by atoms with Crippen molar-refractivity contribution in [3.05, 3.63) is 60.7 Å². The van der Waals surface area contributed by atoms with Gasteiger partial charge in [0, 0.05) is 0 Å². The summed E-state index contributed by atoms with van der Waals surface area (Å²) >= 11 is 0. The van der Waals surface area contributed by atoms with Crippen molar-refractivity contribution in [1.29, 1.82) is 0 Å². The Hall–Kier alpha value is -3.47. The predicted molar refractivity (Wildman–Crippen MR) is 165 cm³/mol. The van der Waals surface area contributed by atoms with E-state index in [1.54, 1.807) is 98.7 Å². The largest absolute Gasteiger partial charge is 0.590 e. The van der Waals surface area contributed by atoms with Crippen molar-refractivity contribution in [3.8, 4) is 11.5 Å². The molecule has 5 atom stereocenters. The monoisotopic (exact) mass is 666 g/mol. The molecule has 13 heteroatoms. The fourth-order valence-electron chi connectivity index (χ4n) is 3.75. The van der Waals surface area contributed by atoms with Crippen LogP contribution in [0.2, 0.25) is 0 Å². The SMILES string of the molecule is CC(C)(C)C(=O)OC[C@H]1O[C@H](OP(=O)(Oc2ccccc2)Oc2ccccc2)[C@H](F)[C@@H](OC(=O)C(C)(C)C)[C@@H]1OC(=O)C(C)(C)C. The van der Waals surface area contributed by atoms with Crippen LogP contribution < -0.4 is 9.05 Å². The molecule has 0 unspecified atom stereocenters. The molecule has 3 rings (SSSR count). The van der Waals surface area contributed by atoms with Gasteiger partial charge in [0.1, 0.15) is 24.2 Å². The second kappa shape index (κ2) is 14.5. The molecular weight excluding hydrogens is 622 g/mol. The van der Waals surface area contributed by atoms with E-state index in [1.165, 1.54) is 24.3 Å². The van der Waals surface area contributed by atoms with Crippen LogP contribution >= 0.6 is 7.82 Å². The number of esters is 3. The zero-order chi connectivity index (χ0) is 34.5. The van der Waals surface area contributed by atoms with Gasteiger partial charge in [0.15, 0.2) is 18.4 Å². The Morgan fingerprint density at radius 3 is 1.52 bits per heavy atom. The van der Waals surface area contributed by atoms with E-state index >= 15 is 4.39 Å². The molecule has 11 nitrogen and oxygen atoms in total. The summed E-state index contributed by atoms with van der Waals surface area (Å²) in [5.41, 5.74) is -3.07. The predicted octanol–water partition coefficient (Wildman–Crippen LogP) is 6.84. The number of carbonyl (C=O) groups is 3. The van der Waals surface area contributed by atoms with E-state index in [1.807, 2.05) is 0 Å². The molecule has 0 aliphatic carbocycles. The number of para-hydroxylation sites is 2. The maximum absolute atomic E-state index is 16.6. The summed E-state index contributed by atoms with van der Waals surface area (Å²) in [6.45, 7) is 13.8. The van der Waals surface area contributed by atoms with Crippen molar-refractivity contribution in [1.82, 2.24) is 0 Å². The van der Waals surface area contributed by atoms with Crippen LogP contribution in [-0.2, 0) is 42.4 Å². The maximum Gasteiger partial charge on any atom is 0.590 e. The molecule has 0 bridgehead atoms. The van der Waals surface area contributed by atoms with Crippen LogP contribution in [0.5, 0.6) is 11.5 Å². The molecule has 0 amide bonds. The molecule has 0 saturated carbocycles. The summed E-state index contributed by atoms with van der Waals surface area (Å²) < 4.78 is 70.3.